The summed E-state index contributed by atoms with van der Waals surface area (Å²) in [6, 6.07) is 14.9. The topological polar surface area (TPSA) is 82.9 Å². The van der Waals surface area contributed by atoms with Crippen molar-refractivity contribution in [3.05, 3.63) is 64.3 Å². The molecule has 0 fully saturated rings. The van der Waals surface area contributed by atoms with Crippen LogP contribution in [0.2, 0.25) is 0 Å². The van der Waals surface area contributed by atoms with Gasteiger partial charge < -0.3 is 15.4 Å². The third-order valence-corrected chi connectivity index (χ3v) is 4.12. The molecule has 2 N–H and O–H groups in total. The molecule has 0 aliphatic rings. The summed E-state index contributed by atoms with van der Waals surface area (Å²) in [5.74, 6) is 1.81. The SMILES string of the molecule is COc1cc(Br)cc(C)c1Nc1ccnc(Nc2ccc(C#N)cc2)n1. The standard InChI is InChI=1S/C19H16BrN5O/c1-12-9-14(20)10-16(26-2)18(12)24-17-7-8-22-19(25-17)23-15-5-3-13(11-21)4-6-15/h3-10H,1-2H3,(H2,22,23,24,25). The van der Waals surface area contributed by atoms with Gasteiger partial charge in [-0.25, -0.2) is 4.98 Å². The van der Waals surface area contributed by atoms with Crippen molar-refractivity contribution in [1.82, 2.24) is 9.97 Å². The van der Waals surface area contributed by atoms with Crippen LogP contribution < -0.4 is 15.4 Å². The van der Waals surface area contributed by atoms with Crippen molar-refractivity contribution in [3.8, 4) is 11.8 Å². The minimum absolute atomic E-state index is 0.452. The normalized spacial score (nSPS) is 10.1. The zero-order valence-corrected chi connectivity index (χ0v) is 15.8. The van der Waals surface area contributed by atoms with E-state index in [1.165, 1.54) is 0 Å². The lowest BCUT2D eigenvalue weighted by atomic mass is 10.2. The zero-order valence-electron chi connectivity index (χ0n) is 14.2. The van der Waals surface area contributed by atoms with Crippen LogP contribution in [-0.2, 0) is 0 Å². The van der Waals surface area contributed by atoms with Gasteiger partial charge in [0.2, 0.25) is 5.95 Å². The van der Waals surface area contributed by atoms with Crippen LogP contribution in [-0.4, -0.2) is 17.1 Å². The van der Waals surface area contributed by atoms with E-state index in [0.29, 0.717) is 17.3 Å². The minimum atomic E-state index is 0.452. The summed E-state index contributed by atoms with van der Waals surface area (Å²) in [6.45, 7) is 1.99. The third kappa shape index (κ3) is 4.10. The summed E-state index contributed by atoms with van der Waals surface area (Å²) in [5.41, 5.74) is 3.28. The highest BCUT2D eigenvalue weighted by Crippen LogP contribution is 2.34. The Balaban J connectivity index is 1.83. The molecule has 130 valence electrons. The van der Waals surface area contributed by atoms with E-state index >= 15 is 0 Å². The van der Waals surface area contributed by atoms with E-state index in [1.807, 2.05) is 31.2 Å². The molecular formula is C19H16BrN5O. The fraction of sp³-hybridized carbons (Fsp3) is 0.105. The summed E-state index contributed by atoms with van der Waals surface area (Å²) in [6.07, 6.45) is 1.67. The molecule has 0 bridgehead atoms. The van der Waals surface area contributed by atoms with Gasteiger partial charge in [0.15, 0.2) is 0 Å². The molecule has 7 heteroatoms. The molecule has 0 spiro atoms. The number of nitrogens with one attached hydrogen (secondary N) is 2. The molecule has 3 rings (SSSR count). The first-order valence-corrected chi connectivity index (χ1v) is 8.60. The van der Waals surface area contributed by atoms with Crippen LogP contribution in [0.3, 0.4) is 0 Å². The average Bonchev–Trinajstić information content (AvgIpc) is 2.64. The number of anilines is 4. The van der Waals surface area contributed by atoms with Crippen molar-refractivity contribution in [3.63, 3.8) is 0 Å². The molecule has 1 heterocycles. The van der Waals surface area contributed by atoms with Gasteiger partial charge in [0.25, 0.3) is 0 Å². The maximum atomic E-state index is 8.86. The lowest BCUT2D eigenvalue weighted by Crippen LogP contribution is -2.02. The Morgan fingerprint density at radius 1 is 1.12 bits per heavy atom. The van der Waals surface area contributed by atoms with Gasteiger partial charge >= 0.3 is 0 Å². The molecule has 0 aliphatic carbocycles. The summed E-state index contributed by atoms with van der Waals surface area (Å²) >= 11 is 3.47. The fourth-order valence-corrected chi connectivity index (χ4v) is 2.96. The Hall–Kier alpha value is -3.11. The molecule has 1 aromatic heterocycles. The second-order valence-corrected chi connectivity index (χ2v) is 6.42. The zero-order chi connectivity index (χ0) is 18.5. The first-order valence-electron chi connectivity index (χ1n) is 7.80. The lowest BCUT2D eigenvalue weighted by molar-refractivity contribution is 0.416. The molecular weight excluding hydrogens is 394 g/mol. The number of ether oxygens (including phenoxy) is 1. The van der Waals surface area contributed by atoms with Gasteiger partial charge in [0, 0.05) is 16.4 Å². The number of methoxy groups -OCH3 is 1. The van der Waals surface area contributed by atoms with Crippen molar-refractivity contribution in [1.29, 1.82) is 5.26 Å². The number of rotatable bonds is 5. The van der Waals surface area contributed by atoms with Crippen LogP contribution in [0, 0.1) is 18.3 Å². The summed E-state index contributed by atoms with van der Waals surface area (Å²) in [5, 5.41) is 15.3. The Labute approximate surface area is 160 Å². The second-order valence-electron chi connectivity index (χ2n) is 5.50. The first kappa shape index (κ1) is 17.7. The van der Waals surface area contributed by atoms with E-state index in [1.54, 1.807) is 31.5 Å². The minimum Gasteiger partial charge on any atom is -0.495 e. The molecule has 0 atom stereocenters. The number of hydrogen-bond donors (Lipinski definition) is 2. The van der Waals surface area contributed by atoms with Crippen molar-refractivity contribution in [2.45, 2.75) is 6.92 Å². The van der Waals surface area contributed by atoms with E-state index in [9.17, 15) is 0 Å². The monoisotopic (exact) mass is 409 g/mol. The predicted octanol–water partition coefficient (Wildman–Crippen LogP) is 4.92. The van der Waals surface area contributed by atoms with E-state index < -0.39 is 0 Å². The number of aromatic nitrogens is 2. The van der Waals surface area contributed by atoms with E-state index in [0.717, 1.165) is 27.2 Å². The number of aryl methyl sites for hydroxylation is 1. The largest absolute Gasteiger partial charge is 0.495 e. The molecule has 3 aromatic rings. The number of benzene rings is 2. The van der Waals surface area contributed by atoms with Crippen LogP contribution >= 0.6 is 15.9 Å². The first-order chi connectivity index (χ1) is 12.6. The molecule has 6 nitrogen and oxygen atoms in total. The third-order valence-electron chi connectivity index (χ3n) is 3.66. The molecule has 2 aromatic carbocycles. The van der Waals surface area contributed by atoms with Crippen LogP contribution in [0.25, 0.3) is 0 Å². The van der Waals surface area contributed by atoms with Crippen molar-refractivity contribution < 1.29 is 4.74 Å². The van der Waals surface area contributed by atoms with Gasteiger partial charge in [-0.2, -0.15) is 10.2 Å². The average molecular weight is 410 g/mol. The predicted molar refractivity (Wildman–Crippen MR) is 105 cm³/mol. The van der Waals surface area contributed by atoms with Gasteiger partial charge in [0.05, 0.1) is 24.4 Å². The molecule has 0 amide bonds. The molecule has 0 unspecified atom stereocenters. The second kappa shape index (κ2) is 7.85. The molecule has 0 saturated carbocycles. The van der Waals surface area contributed by atoms with Gasteiger partial charge in [-0.15, -0.1) is 0 Å². The van der Waals surface area contributed by atoms with Gasteiger partial charge in [-0.1, -0.05) is 15.9 Å². The van der Waals surface area contributed by atoms with E-state index in [4.69, 9.17) is 10.00 Å². The molecule has 0 saturated heterocycles. The van der Waals surface area contributed by atoms with Crippen LogP contribution in [0.4, 0.5) is 23.1 Å². The number of hydrogen-bond acceptors (Lipinski definition) is 6. The van der Waals surface area contributed by atoms with Gasteiger partial charge in [-0.05, 0) is 55.0 Å². The highest BCUT2D eigenvalue weighted by molar-refractivity contribution is 9.10. The van der Waals surface area contributed by atoms with Crippen molar-refractivity contribution in [2.24, 2.45) is 0 Å². The van der Waals surface area contributed by atoms with Gasteiger partial charge in [-0.3, -0.25) is 0 Å². The molecule has 0 aliphatic heterocycles. The molecule has 26 heavy (non-hydrogen) atoms. The Morgan fingerprint density at radius 2 is 1.88 bits per heavy atom. The quantitative estimate of drug-likeness (QED) is 0.622. The van der Waals surface area contributed by atoms with Crippen LogP contribution in [0.5, 0.6) is 5.75 Å². The lowest BCUT2D eigenvalue weighted by Gasteiger charge is -2.14. The summed E-state index contributed by atoms with van der Waals surface area (Å²) in [4.78, 5) is 8.71. The Kier molecular flexibility index (Phi) is 5.34. The Bertz CT molecular complexity index is 967. The number of nitrogens with zero attached hydrogens (tertiary/aromatic N) is 3. The Morgan fingerprint density at radius 3 is 2.58 bits per heavy atom. The van der Waals surface area contributed by atoms with Gasteiger partial charge in [0.1, 0.15) is 11.6 Å². The smallest absolute Gasteiger partial charge is 0.229 e. The number of halogens is 1. The van der Waals surface area contributed by atoms with E-state index in [2.05, 4.69) is 42.6 Å². The molecule has 0 radical (unpaired) electrons. The van der Waals surface area contributed by atoms with Crippen LogP contribution in [0.1, 0.15) is 11.1 Å². The van der Waals surface area contributed by atoms with Crippen molar-refractivity contribution >= 4 is 39.1 Å². The maximum Gasteiger partial charge on any atom is 0.229 e. The van der Waals surface area contributed by atoms with E-state index in [-0.39, 0.29) is 0 Å². The maximum absolute atomic E-state index is 8.86. The summed E-state index contributed by atoms with van der Waals surface area (Å²) in [7, 11) is 1.63. The highest BCUT2D eigenvalue weighted by atomic mass is 79.9. The number of nitriles is 1. The highest BCUT2D eigenvalue weighted by Gasteiger charge is 2.10. The summed E-state index contributed by atoms with van der Waals surface area (Å²) < 4.78 is 6.40. The van der Waals surface area contributed by atoms with Crippen LogP contribution in [0.15, 0.2) is 53.1 Å². The van der Waals surface area contributed by atoms with Crippen molar-refractivity contribution in [2.75, 3.05) is 17.7 Å². The fourth-order valence-electron chi connectivity index (χ4n) is 2.41.